The van der Waals surface area contributed by atoms with Gasteiger partial charge in [0.2, 0.25) is 5.91 Å². The van der Waals surface area contributed by atoms with Crippen LogP contribution in [0, 0.1) is 13.8 Å². The van der Waals surface area contributed by atoms with E-state index in [-0.39, 0.29) is 17.7 Å². The number of ether oxygens (including phenoxy) is 2. The second-order valence-electron chi connectivity index (χ2n) is 7.73. The first-order valence-electron chi connectivity index (χ1n) is 10.3. The summed E-state index contributed by atoms with van der Waals surface area (Å²) in [6.45, 7) is 3.96. The maximum Gasteiger partial charge on any atom is 0.257 e. The second-order valence-corrected chi connectivity index (χ2v) is 8.81. The van der Waals surface area contributed by atoms with Crippen molar-refractivity contribution in [2.24, 2.45) is 0 Å². The minimum Gasteiger partial charge on any atom is -0.497 e. The first-order valence-corrected chi connectivity index (χ1v) is 11.1. The molecule has 0 saturated carbocycles. The van der Waals surface area contributed by atoms with Crippen LogP contribution in [0.4, 0.5) is 10.8 Å². The fraction of sp³-hybridized carbons (Fsp3) is 0.292. The first-order chi connectivity index (χ1) is 15.4. The van der Waals surface area contributed by atoms with Crippen LogP contribution in [-0.4, -0.2) is 31.0 Å². The minimum atomic E-state index is -0.331. The molecule has 8 heteroatoms. The number of anilines is 2. The zero-order valence-electron chi connectivity index (χ0n) is 18.4. The standard InChI is InChI=1S/C24H25N3O4S/c1-13-6-5-7-14(2)20(13)25-23(29)18-8-9-19-21(18)26-24(32-19)27-22(28)15-10-16(30-3)12-17(11-15)31-4/h5-7,10-12,18H,8-9H2,1-4H3,(H,25,29)(H,26,27,28). The van der Waals surface area contributed by atoms with Gasteiger partial charge in [-0.15, -0.1) is 11.3 Å². The van der Waals surface area contributed by atoms with E-state index in [1.807, 2.05) is 32.0 Å². The Kier molecular flexibility index (Phi) is 6.14. The van der Waals surface area contributed by atoms with Crippen LogP contribution in [0.25, 0.3) is 0 Å². The van der Waals surface area contributed by atoms with E-state index < -0.39 is 0 Å². The molecular formula is C24H25N3O4S. The first kappa shape index (κ1) is 21.8. The van der Waals surface area contributed by atoms with Crippen LogP contribution in [0.1, 0.15) is 44.4 Å². The lowest BCUT2D eigenvalue weighted by molar-refractivity contribution is -0.117. The van der Waals surface area contributed by atoms with Crippen LogP contribution in [-0.2, 0) is 11.2 Å². The molecule has 2 amide bonds. The number of fused-ring (bicyclic) bond motifs is 1. The lowest BCUT2D eigenvalue weighted by atomic mass is 10.0. The Labute approximate surface area is 190 Å². The largest absolute Gasteiger partial charge is 0.497 e. The molecule has 0 saturated heterocycles. The lowest BCUT2D eigenvalue weighted by Gasteiger charge is -2.14. The molecule has 1 aromatic heterocycles. The quantitative estimate of drug-likeness (QED) is 0.567. The summed E-state index contributed by atoms with van der Waals surface area (Å²) in [4.78, 5) is 31.4. The Bertz CT molecular complexity index is 1150. The zero-order valence-corrected chi connectivity index (χ0v) is 19.3. The Morgan fingerprint density at radius 2 is 1.69 bits per heavy atom. The molecule has 1 aliphatic carbocycles. The fourth-order valence-corrected chi connectivity index (χ4v) is 4.90. The van der Waals surface area contributed by atoms with E-state index >= 15 is 0 Å². The van der Waals surface area contributed by atoms with Gasteiger partial charge in [-0.1, -0.05) is 18.2 Å². The highest BCUT2D eigenvalue weighted by atomic mass is 32.1. The number of rotatable bonds is 6. The van der Waals surface area contributed by atoms with Crippen LogP contribution in [0.2, 0.25) is 0 Å². The number of carbonyl (C=O) groups is 2. The van der Waals surface area contributed by atoms with Gasteiger partial charge in [-0.3, -0.25) is 14.9 Å². The highest BCUT2D eigenvalue weighted by molar-refractivity contribution is 7.16. The Hall–Kier alpha value is -3.39. The van der Waals surface area contributed by atoms with Crippen LogP contribution in [0.3, 0.4) is 0 Å². The molecule has 2 aromatic carbocycles. The number of aryl methyl sites for hydroxylation is 3. The van der Waals surface area contributed by atoms with E-state index in [9.17, 15) is 9.59 Å². The fourth-order valence-electron chi connectivity index (χ4n) is 3.87. The lowest BCUT2D eigenvalue weighted by Crippen LogP contribution is -2.21. The second kappa shape index (κ2) is 9.00. The molecule has 0 radical (unpaired) electrons. The van der Waals surface area contributed by atoms with Crippen molar-refractivity contribution >= 4 is 34.0 Å². The Morgan fingerprint density at radius 1 is 1.03 bits per heavy atom. The number of carbonyl (C=O) groups excluding carboxylic acids is 2. The number of nitrogens with zero attached hydrogens (tertiary/aromatic N) is 1. The van der Waals surface area contributed by atoms with E-state index in [1.54, 1.807) is 18.2 Å². The number of amides is 2. The average molecular weight is 452 g/mol. The summed E-state index contributed by atoms with van der Waals surface area (Å²) >= 11 is 1.41. The van der Waals surface area contributed by atoms with Gasteiger partial charge < -0.3 is 14.8 Å². The summed E-state index contributed by atoms with van der Waals surface area (Å²) in [5, 5.41) is 6.39. The Balaban J connectivity index is 1.50. The number of para-hydroxylation sites is 1. The summed E-state index contributed by atoms with van der Waals surface area (Å²) in [5.74, 6) is 0.342. The monoisotopic (exact) mass is 451 g/mol. The van der Waals surface area contributed by atoms with Crippen molar-refractivity contribution in [1.82, 2.24) is 4.98 Å². The van der Waals surface area contributed by atoms with E-state index in [4.69, 9.17) is 9.47 Å². The molecule has 1 heterocycles. The van der Waals surface area contributed by atoms with Crippen LogP contribution in [0.15, 0.2) is 36.4 Å². The highest BCUT2D eigenvalue weighted by Gasteiger charge is 2.33. The third-order valence-corrected chi connectivity index (χ3v) is 6.64. The zero-order chi connectivity index (χ0) is 22.8. The van der Waals surface area contributed by atoms with Crippen LogP contribution >= 0.6 is 11.3 Å². The summed E-state index contributed by atoms with van der Waals surface area (Å²) < 4.78 is 10.5. The molecule has 3 aromatic rings. The smallest absolute Gasteiger partial charge is 0.257 e. The summed E-state index contributed by atoms with van der Waals surface area (Å²) in [7, 11) is 3.07. The molecule has 7 nitrogen and oxygen atoms in total. The van der Waals surface area contributed by atoms with Crippen molar-refractivity contribution in [3.63, 3.8) is 0 Å². The van der Waals surface area contributed by atoms with Gasteiger partial charge in [-0.05, 0) is 49.9 Å². The maximum absolute atomic E-state index is 13.0. The predicted molar refractivity (Wildman–Crippen MR) is 125 cm³/mol. The normalized spacial score (nSPS) is 14.6. The SMILES string of the molecule is COc1cc(OC)cc(C(=O)Nc2nc3c(s2)CCC3C(=O)Nc2c(C)cccc2C)c1. The molecule has 0 bridgehead atoms. The van der Waals surface area contributed by atoms with E-state index in [2.05, 4.69) is 15.6 Å². The average Bonchev–Trinajstić information content (AvgIpc) is 3.36. The van der Waals surface area contributed by atoms with E-state index in [0.29, 0.717) is 28.6 Å². The van der Waals surface area contributed by atoms with E-state index in [0.717, 1.165) is 33.8 Å². The van der Waals surface area contributed by atoms with Gasteiger partial charge >= 0.3 is 0 Å². The highest BCUT2D eigenvalue weighted by Crippen LogP contribution is 2.39. The number of nitrogens with one attached hydrogen (secondary N) is 2. The molecule has 0 fully saturated rings. The third-order valence-electron chi connectivity index (χ3n) is 5.60. The van der Waals surface area contributed by atoms with Gasteiger partial charge in [0.1, 0.15) is 11.5 Å². The summed E-state index contributed by atoms with van der Waals surface area (Å²) in [6, 6.07) is 10.9. The molecule has 1 atom stereocenters. The summed E-state index contributed by atoms with van der Waals surface area (Å²) in [5.41, 5.74) is 4.05. The number of hydrogen-bond donors (Lipinski definition) is 2. The Morgan fingerprint density at radius 3 is 2.31 bits per heavy atom. The molecule has 32 heavy (non-hydrogen) atoms. The predicted octanol–water partition coefficient (Wildman–Crippen LogP) is 4.70. The number of benzene rings is 2. The molecular weight excluding hydrogens is 426 g/mol. The van der Waals surface area contributed by atoms with Crippen LogP contribution < -0.4 is 20.1 Å². The molecule has 1 aliphatic rings. The molecule has 4 rings (SSSR count). The van der Waals surface area contributed by atoms with Gasteiger partial charge in [-0.25, -0.2) is 4.98 Å². The molecule has 2 N–H and O–H groups in total. The number of aromatic nitrogens is 1. The van der Waals surface area contributed by atoms with Gasteiger partial charge in [0.15, 0.2) is 5.13 Å². The minimum absolute atomic E-state index is 0.0677. The molecule has 0 aliphatic heterocycles. The van der Waals surface area contributed by atoms with Crippen molar-refractivity contribution < 1.29 is 19.1 Å². The van der Waals surface area contributed by atoms with Gasteiger partial charge in [0, 0.05) is 22.2 Å². The van der Waals surface area contributed by atoms with Gasteiger partial charge in [0.05, 0.1) is 25.8 Å². The molecule has 0 spiro atoms. The molecule has 166 valence electrons. The van der Waals surface area contributed by atoms with Gasteiger partial charge in [0.25, 0.3) is 5.91 Å². The molecule has 1 unspecified atom stereocenters. The number of methoxy groups -OCH3 is 2. The maximum atomic E-state index is 13.0. The summed E-state index contributed by atoms with van der Waals surface area (Å²) in [6.07, 6.45) is 1.48. The van der Waals surface area contributed by atoms with Crippen molar-refractivity contribution in [3.8, 4) is 11.5 Å². The van der Waals surface area contributed by atoms with Crippen molar-refractivity contribution in [2.75, 3.05) is 24.9 Å². The number of thiazole rings is 1. The third kappa shape index (κ3) is 4.31. The topological polar surface area (TPSA) is 89.6 Å². The van der Waals surface area contributed by atoms with Crippen LogP contribution in [0.5, 0.6) is 11.5 Å². The van der Waals surface area contributed by atoms with Crippen molar-refractivity contribution in [3.05, 3.63) is 63.7 Å². The van der Waals surface area contributed by atoms with Gasteiger partial charge in [-0.2, -0.15) is 0 Å². The van der Waals surface area contributed by atoms with E-state index in [1.165, 1.54) is 25.6 Å². The number of hydrogen-bond acceptors (Lipinski definition) is 6. The van der Waals surface area contributed by atoms with Crippen molar-refractivity contribution in [1.29, 1.82) is 0 Å². The van der Waals surface area contributed by atoms with Crippen molar-refractivity contribution in [2.45, 2.75) is 32.6 Å².